The van der Waals surface area contributed by atoms with E-state index in [2.05, 4.69) is 43.3 Å². The Labute approximate surface area is 459 Å². The van der Waals surface area contributed by atoms with Gasteiger partial charge in [0.05, 0.1) is 33.5 Å². The molecule has 18 nitrogen and oxygen atoms in total. The molecule has 2 atom stereocenters. The van der Waals surface area contributed by atoms with Gasteiger partial charge in [0, 0.05) is 83.3 Å². The molecule has 0 saturated heterocycles. The number of thiazole rings is 2. The third-order valence-corrected chi connectivity index (χ3v) is 16.7. The van der Waals surface area contributed by atoms with E-state index in [1.165, 1.54) is 40.1 Å². The molecular weight excluding hydrogens is 1050 g/mol. The van der Waals surface area contributed by atoms with E-state index in [4.69, 9.17) is 44.1 Å². The van der Waals surface area contributed by atoms with Crippen molar-refractivity contribution < 1.29 is 47.6 Å². The first kappa shape index (κ1) is 56.2. The highest BCUT2D eigenvalue weighted by atomic mass is 32.1. The SMILES string of the molecule is C=CC(=O)Nc1sc2c(c1-c1nc3cc4c(cc3s1)OCO4)CCN(C(=O)OC(C)(C)C)C2.CCC(C)N.CCC(C)NCCC(=O)Nc1sc2c(c1-c1nc3cc4c(cc3s1)OCO4)CCN(C(=O)OC(C)(C)C)C2. The number of nitrogens with zero attached hydrogens (tertiary/aromatic N) is 4. The molecule has 4 aliphatic heterocycles. The van der Waals surface area contributed by atoms with Crippen molar-refractivity contribution in [1.82, 2.24) is 25.1 Å². The van der Waals surface area contributed by atoms with Crippen molar-refractivity contribution in [1.29, 1.82) is 0 Å². The van der Waals surface area contributed by atoms with Gasteiger partial charge in [-0.2, -0.15) is 0 Å². The number of benzene rings is 2. The molecule has 5 N–H and O–H groups in total. The second kappa shape index (κ2) is 23.7. The fourth-order valence-electron chi connectivity index (χ4n) is 8.18. The molecule has 0 saturated carbocycles. The van der Waals surface area contributed by atoms with Crippen LogP contribution in [0.1, 0.15) is 109 Å². The van der Waals surface area contributed by atoms with E-state index in [0.717, 1.165) is 86.0 Å². The van der Waals surface area contributed by atoms with E-state index in [1.807, 2.05) is 72.7 Å². The van der Waals surface area contributed by atoms with Crippen LogP contribution in [0.3, 0.4) is 0 Å². The van der Waals surface area contributed by atoms with Gasteiger partial charge in [-0.05, 0) is 98.3 Å². The lowest BCUT2D eigenvalue weighted by molar-refractivity contribution is -0.116. The van der Waals surface area contributed by atoms with Crippen molar-refractivity contribution in [3.8, 4) is 44.1 Å². The fraction of sp³-hybridized carbons (Fsp3) is 0.481. The summed E-state index contributed by atoms with van der Waals surface area (Å²) < 4.78 is 35.2. The third kappa shape index (κ3) is 13.5. The van der Waals surface area contributed by atoms with Gasteiger partial charge in [0.15, 0.2) is 23.0 Å². The lowest BCUT2D eigenvalue weighted by atomic mass is 10.0. The minimum absolute atomic E-state index is 0.0495. The van der Waals surface area contributed by atoms with Gasteiger partial charge in [0.25, 0.3) is 0 Å². The van der Waals surface area contributed by atoms with E-state index in [9.17, 15) is 19.2 Å². The molecule has 4 amide bonds. The van der Waals surface area contributed by atoms with Crippen LogP contribution in [0.2, 0.25) is 0 Å². The van der Waals surface area contributed by atoms with Crippen LogP contribution in [0.4, 0.5) is 19.6 Å². The number of nitrogens with one attached hydrogen (secondary N) is 3. The topological polar surface area (TPSA) is 218 Å². The van der Waals surface area contributed by atoms with Crippen LogP contribution in [0, 0.1) is 0 Å². The Morgan fingerprint density at radius 2 is 1.14 bits per heavy atom. The van der Waals surface area contributed by atoms with Crippen molar-refractivity contribution in [2.45, 2.75) is 138 Å². The molecule has 0 radical (unpaired) electrons. The summed E-state index contributed by atoms with van der Waals surface area (Å²) in [6, 6.07) is 8.42. The Morgan fingerprint density at radius 3 is 1.55 bits per heavy atom. The number of carbonyl (C=O) groups is 4. The molecule has 0 bridgehead atoms. The minimum atomic E-state index is -0.560. The van der Waals surface area contributed by atoms with Crippen LogP contribution in [-0.4, -0.2) is 100 Å². The number of ether oxygens (including phenoxy) is 6. The Morgan fingerprint density at radius 1 is 0.711 bits per heavy atom. The first-order chi connectivity index (χ1) is 36.1. The summed E-state index contributed by atoms with van der Waals surface area (Å²) in [5.74, 6) is 2.46. The molecule has 2 unspecified atom stereocenters. The number of aromatic nitrogens is 2. The number of anilines is 2. The maximum absolute atomic E-state index is 12.9. The van der Waals surface area contributed by atoms with E-state index in [1.54, 1.807) is 21.1 Å². The average molecular weight is 1120 g/mol. The summed E-state index contributed by atoms with van der Waals surface area (Å²) in [6.45, 7) is 26.0. The molecule has 4 aromatic heterocycles. The molecule has 22 heteroatoms. The molecule has 2 aromatic carbocycles. The van der Waals surface area contributed by atoms with Crippen LogP contribution in [0.25, 0.3) is 41.6 Å². The lowest BCUT2D eigenvalue weighted by Crippen LogP contribution is -2.39. The molecule has 0 spiro atoms. The molecule has 408 valence electrons. The number of nitrogens with two attached hydrogens (primary N) is 1. The zero-order valence-corrected chi connectivity index (χ0v) is 48.1. The van der Waals surface area contributed by atoms with E-state index < -0.39 is 11.2 Å². The normalized spacial score (nSPS) is 15.1. The predicted molar refractivity (Wildman–Crippen MR) is 303 cm³/mol. The predicted octanol–water partition coefficient (Wildman–Crippen LogP) is 11.7. The molecule has 4 aliphatic rings. The van der Waals surface area contributed by atoms with Gasteiger partial charge in [-0.15, -0.1) is 45.3 Å². The van der Waals surface area contributed by atoms with E-state index in [0.29, 0.717) is 86.3 Å². The maximum Gasteiger partial charge on any atom is 0.410 e. The molecule has 6 aromatic rings. The highest BCUT2D eigenvalue weighted by molar-refractivity contribution is 7.23. The number of fused-ring (bicyclic) bond motifs is 6. The van der Waals surface area contributed by atoms with E-state index in [-0.39, 0.29) is 37.6 Å². The maximum atomic E-state index is 12.9. The zero-order chi connectivity index (χ0) is 54.6. The summed E-state index contributed by atoms with van der Waals surface area (Å²) in [5, 5.41) is 12.6. The largest absolute Gasteiger partial charge is 0.454 e. The van der Waals surface area contributed by atoms with Crippen molar-refractivity contribution >= 4 is 99.8 Å². The van der Waals surface area contributed by atoms with Gasteiger partial charge in [-0.1, -0.05) is 20.4 Å². The molecule has 8 heterocycles. The summed E-state index contributed by atoms with van der Waals surface area (Å²) in [7, 11) is 0. The number of hydrogen-bond acceptors (Lipinski definition) is 18. The van der Waals surface area contributed by atoms with Gasteiger partial charge in [0.2, 0.25) is 25.4 Å². The first-order valence-electron chi connectivity index (χ1n) is 25.5. The number of amides is 4. The molecule has 10 rings (SSSR count). The van der Waals surface area contributed by atoms with Crippen LogP contribution < -0.4 is 40.6 Å². The van der Waals surface area contributed by atoms with Crippen LogP contribution in [0.5, 0.6) is 23.0 Å². The Hall–Kier alpha value is -6.04. The molecular formula is C54H68N8O10S4. The molecule has 0 fully saturated rings. The quantitative estimate of drug-likeness (QED) is 0.0888. The second-order valence-electron chi connectivity index (χ2n) is 20.7. The van der Waals surface area contributed by atoms with Gasteiger partial charge in [0.1, 0.15) is 31.2 Å². The number of carbonyl (C=O) groups excluding carboxylic acids is 4. The van der Waals surface area contributed by atoms with Gasteiger partial charge in [-0.25, -0.2) is 19.6 Å². The third-order valence-electron chi connectivity index (χ3n) is 12.4. The number of thiophene rings is 2. The second-order valence-corrected chi connectivity index (χ2v) is 25.0. The van der Waals surface area contributed by atoms with Crippen LogP contribution >= 0.6 is 45.3 Å². The monoisotopic (exact) mass is 1120 g/mol. The van der Waals surface area contributed by atoms with Crippen molar-refractivity contribution in [3.63, 3.8) is 0 Å². The number of hydrogen-bond donors (Lipinski definition) is 4. The van der Waals surface area contributed by atoms with Crippen LogP contribution in [-0.2, 0) is 45.0 Å². The van der Waals surface area contributed by atoms with Crippen LogP contribution in [0.15, 0.2) is 36.9 Å². The lowest BCUT2D eigenvalue weighted by Gasteiger charge is -2.30. The smallest absolute Gasteiger partial charge is 0.410 e. The summed E-state index contributed by atoms with van der Waals surface area (Å²) in [4.78, 5) is 65.7. The Kier molecular flexibility index (Phi) is 17.5. The summed E-state index contributed by atoms with van der Waals surface area (Å²) in [5.41, 5.74) is 9.88. The van der Waals surface area contributed by atoms with Crippen molar-refractivity contribution in [3.05, 3.63) is 57.8 Å². The van der Waals surface area contributed by atoms with Crippen molar-refractivity contribution in [2.75, 3.05) is 43.9 Å². The van der Waals surface area contributed by atoms with Gasteiger partial charge < -0.3 is 59.9 Å². The van der Waals surface area contributed by atoms with E-state index >= 15 is 0 Å². The standard InChI is InChI=1S/C27H34N4O5S2.C23H23N3O5S2.C4H11N/c1-6-15(2)28-9-7-22(32)30-25-23(24-29-17-11-18-19(35-14-34-18)12-20(17)37-24)16-8-10-31(13-21(16)38-25)26(33)36-27(3,4)5;1-5-18(27)25-21-19(20-24-13-8-14-15(30-11-29-14)9-16(13)32-20)12-6-7-26(10-17(12)33-21)22(28)31-23(2,3)4;1-3-4(2)5/h11-12,15,28H,6-10,13-14H2,1-5H3,(H,30,32);5,8-9H,1,6-7,10-11H2,2-4H3,(H,25,27);4H,3,5H2,1-2H3. The number of rotatable bonds is 11. The van der Waals surface area contributed by atoms with Gasteiger partial charge >= 0.3 is 12.2 Å². The highest BCUT2D eigenvalue weighted by Gasteiger charge is 2.34. The first-order valence-corrected chi connectivity index (χ1v) is 28.7. The average Bonchev–Trinajstić information content (AvgIpc) is 4.24. The Bertz CT molecular complexity index is 3050. The highest BCUT2D eigenvalue weighted by Crippen LogP contribution is 2.49. The Balaban J connectivity index is 0.000000186. The summed E-state index contributed by atoms with van der Waals surface area (Å²) in [6.07, 6.45) is 4.34. The van der Waals surface area contributed by atoms with Crippen molar-refractivity contribution in [2.24, 2.45) is 5.73 Å². The molecule has 76 heavy (non-hydrogen) atoms. The fourth-order valence-corrected chi connectivity index (χ4v) is 13.0. The van der Waals surface area contributed by atoms with Gasteiger partial charge in [-0.3, -0.25) is 9.59 Å². The summed E-state index contributed by atoms with van der Waals surface area (Å²) >= 11 is 6.08. The minimum Gasteiger partial charge on any atom is -0.454 e. The molecule has 0 aliphatic carbocycles. The zero-order valence-electron chi connectivity index (χ0n) is 44.8.